The van der Waals surface area contributed by atoms with Gasteiger partial charge in [-0.3, -0.25) is 4.79 Å². The van der Waals surface area contributed by atoms with Crippen LogP contribution in [0.4, 0.5) is 5.69 Å². The Morgan fingerprint density at radius 3 is 2.63 bits per heavy atom. The molecule has 1 aliphatic rings. The monoisotopic (exact) mass is 361 g/mol. The van der Waals surface area contributed by atoms with Crippen molar-refractivity contribution < 1.29 is 4.79 Å². The molecule has 1 amide bonds. The average molecular weight is 361 g/mol. The lowest BCUT2D eigenvalue weighted by atomic mass is 10.1. The van der Waals surface area contributed by atoms with Gasteiger partial charge in [-0.1, -0.05) is 49.6 Å². The topological polar surface area (TPSA) is 38.1 Å². The van der Waals surface area contributed by atoms with Gasteiger partial charge in [-0.05, 0) is 37.6 Å². The molecule has 0 aliphatic carbocycles. The van der Waals surface area contributed by atoms with E-state index < -0.39 is 0 Å². The molecule has 1 atom stereocenters. The van der Waals surface area contributed by atoms with Crippen molar-refractivity contribution >= 4 is 22.6 Å². The molecule has 140 valence electrons. The van der Waals surface area contributed by atoms with E-state index >= 15 is 0 Å². The van der Waals surface area contributed by atoms with Crippen LogP contribution in [0.1, 0.15) is 49.9 Å². The molecule has 4 nitrogen and oxygen atoms in total. The Kier molecular flexibility index (Phi) is 4.97. The second kappa shape index (κ2) is 7.55. The minimum Gasteiger partial charge on any atom is -0.328 e. The van der Waals surface area contributed by atoms with E-state index in [4.69, 9.17) is 4.98 Å². The molecule has 0 unspecified atom stereocenters. The van der Waals surface area contributed by atoms with Crippen LogP contribution in [0.2, 0.25) is 0 Å². The number of rotatable bonds is 6. The summed E-state index contributed by atoms with van der Waals surface area (Å²) >= 11 is 0. The largest absolute Gasteiger partial charge is 0.328 e. The van der Waals surface area contributed by atoms with Crippen LogP contribution in [0.25, 0.3) is 11.0 Å². The summed E-state index contributed by atoms with van der Waals surface area (Å²) < 4.78 is 2.35. The third-order valence-electron chi connectivity index (χ3n) is 5.51. The number of hydrogen-bond acceptors (Lipinski definition) is 2. The first-order valence-corrected chi connectivity index (χ1v) is 9.99. The summed E-state index contributed by atoms with van der Waals surface area (Å²) in [5.74, 6) is 1.40. The number of amides is 1. The van der Waals surface area contributed by atoms with Crippen molar-refractivity contribution in [1.29, 1.82) is 0 Å². The fourth-order valence-electron chi connectivity index (χ4n) is 4.02. The summed E-state index contributed by atoms with van der Waals surface area (Å²) in [4.78, 5) is 19.6. The lowest BCUT2D eigenvalue weighted by Gasteiger charge is -2.17. The molecule has 1 fully saturated rings. The second-order valence-corrected chi connectivity index (χ2v) is 7.56. The maximum absolute atomic E-state index is 12.7. The van der Waals surface area contributed by atoms with Crippen LogP contribution in [0.3, 0.4) is 0 Å². The van der Waals surface area contributed by atoms with E-state index in [0.29, 0.717) is 13.0 Å². The first-order valence-electron chi connectivity index (χ1n) is 9.99. The summed E-state index contributed by atoms with van der Waals surface area (Å²) in [6.45, 7) is 5.97. The maximum atomic E-state index is 12.7. The zero-order valence-electron chi connectivity index (χ0n) is 16.2. The predicted octanol–water partition coefficient (Wildman–Crippen LogP) is 5.06. The Hall–Kier alpha value is -2.62. The number of carbonyl (C=O) groups excluding carboxylic acids is 1. The van der Waals surface area contributed by atoms with Gasteiger partial charge in [0.25, 0.3) is 0 Å². The molecular formula is C23H27N3O. The second-order valence-electron chi connectivity index (χ2n) is 7.56. The molecule has 4 rings (SSSR count). The van der Waals surface area contributed by atoms with E-state index in [1.165, 1.54) is 23.9 Å². The van der Waals surface area contributed by atoms with Gasteiger partial charge in [0.15, 0.2) is 0 Å². The Bertz CT molecular complexity index is 942. The Morgan fingerprint density at radius 2 is 1.85 bits per heavy atom. The lowest BCUT2D eigenvalue weighted by molar-refractivity contribution is -0.117. The highest BCUT2D eigenvalue weighted by atomic mass is 16.2. The van der Waals surface area contributed by atoms with Gasteiger partial charge in [0.2, 0.25) is 5.91 Å². The third-order valence-corrected chi connectivity index (χ3v) is 5.51. The Labute approximate surface area is 160 Å². The molecule has 0 radical (unpaired) electrons. The third kappa shape index (κ3) is 3.48. The van der Waals surface area contributed by atoms with Crippen LogP contribution in [0.15, 0.2) is 48.5 Å². The van der Waals surface area contributed by atoms with Gasteiger partial charge in [-0.2, -0.15) is 0 Å². The molecule has 4 heteroatoms. The van der Waals surface area contributed by atoms with Crippen molar-refractivity contribution in [3.63, 3.8) is 0 Å². The summed E-state index contributed by atoms with van der Waals surface area (Å²) in [5.41, 5.74) is 4.41. The smallest absolute Gasteiger partial charge is 0.227 e. The fraction of sp³-hybridized carbons (Fsp3) is 0.391. The van der Waals surface area contributed by atoms with Crippen molar-refractivity contribution in [2.24, 2.45) is 0 Å². The number of nitrogens with zero attached hydrogens (tertiary/aromatic N) is 3. The molecule has 0 bridgehead atoms. The molecule has 0 saturated carbocycles. The van der Waals surface area contributed by atoms with Crippen LogP contribution < -0.4 is 4.90 Å². The van der Waals surface area contributed by atoms with Crippen molar-refractivity contribution in [2.45, 2.75) is 52.0 Å². The van der Waals surface area contributed by atoms with Crippen molar-refractivity contribution in [3.05, 3.63) is 59.9 Å². The van der Waals surface area contributed by atoms with E-state index in [0.717, 1.165) is 30.0 Å². The number of benzene rings is 2. The van der Waals surface area contributed by atoms with Crippen molar-refractivity contribution in [2.75, 3.05) is 11.4 Å². The van der Waals surface area contributed by atoms with Crippen LogP contribution in [0.5, 0.6) is 0 Å². The highest BCUT2D eigenvalue weighted by molar-refractivity contribution is 5.96. The molecular weight excluding hydrogens is 334 g/mol. The maximum Gasteiger partial charge on any atom is 0.227 e. The minimum absolute atomic E-state index is 0.146. The SMILES string of the molecule is CCCCCn1c([C@@H]2CC(=O)N(c3ccc(C)cc3)C2)nc2ccccc21. The van der Waals surface area contributed by atoms with Crippen LogP contribution >= 0.6 is 0 Å². The van der Waals surface area contributed by atoms with Crippen molar-refractivity contribution in [3.8, 4) is 0 Å². The first kappa shape index (κ1) is 17.8. The van der Waals surface area contributed by atoms with Gasteiger partial charge in [0.05, 0.1) is 11.0 Å². The standard InChI is InChI=1S/C23H27N3O/c1-3-4-7-14-25-21-9-6-5-8-20(21)24-23(25)18-15-22(27)26(16-18)19-12-10-17(2)11-13-19/h5-6,8-13,18H,3-4,7,14-16H2,1-2H3/t18-/m1/s1. The van der Waals surface area contributed by atoms with E-state index in [2.05, 4.69) is 48.7 Å². The molecule has 0 N–H and O–H groups in total. The summed E-state index contributed by atoms with van der Waals surface area (Å²) in [6, 6.07) is 16.5. The number of hydrogen-bond donors (Lipinski definition) is 0. The van der Waals surface area contributed by atoms with E-state index in [-0.39, 0.29) is 11.8 Å². The number of para-hydroxylation sites is 2. The molecule has 27 heavy (non-hydrogen) atoms. The first-order chi connectivity index (χ1) is 13.2. The lowest BCUT2D eigenvalue weighted by Crippen LogP contribution is -2.24. The summed E-state index contributed by atoms with van der Waals surface area (Å²) in [5, 5.41) is 0. The van der Waals surface area contributed by atoms with Gasteiger partial charge in [0.1, 0.15) is 5.82 Å². The number of unbranched alkanes of at least 4 members (excludes halogenated alkanes) is 2. The van der Waals surface area contributed by atoms with E-state index in [1.54, 1.807) is 0 Å². The van der Waals surface area contributed by atoms with Crippen LogP contribution in [0, 0.1) is 6.92 Å². The normalized spacial score (nSPS) is 17.2. The zero-order valence-corrected chi connectivity index (χ0v) is 16.2. The molecule has 2 heterocycles. The Balaban J connectivity index is 1.64. The van der Waals surface area contributed by atoms with Gasteiger partial charge >= 0.3 is 0 Å². The summed E-state index contributed by atoms with van der Waals surface area (Å²) in [7, 11) is 0. The van der Waals surface area contributed by atoms with E-state index in [9.17, 15) is 4.79 Å². The molecule has 3 aromatic rings. The number of aromatic nitrogens is 2. The van der Waals surface area contributed by atoms with Crippen LogP contribution in [-0.4, -0.2) is 22.0 Å². The minimum atomic E-state index is 0.146. The van der Waals surface area contributed by atoms with Gasteiger partial charge < -0.3 is 9.47 Å². The number of anilines is 1. The molecule has 1 aromatic heterocycles. The van der Waals surface area contributed by atoms with Crippen LogP contribution in [-0.2, 0) is 11.3 Å². The van der Waals surface area contributed by atoms with Gasteiger partial charge in [0, 0.05) is 31.1 Å². The number of fused-ring (bicyclic) bond motifs is 1. The highest BCUT2D eigenvalue weighted by Crippen LogP contribution is 2.33. The number of carbonyl (C=O) groups is 1. The number of aryl methyl sites for hydroxylation is 2. The molecule has 2 aromatic carbocycles. The molecule has 0 spiro atoms. The summed E-state index contributed by atoms with van der Waals surface area (Å²) in [6.07, 6.45) is 4.09. The van der Waals surface area contributed by atoms with E-state index in [1.807, 2.05) is 23.1 Å². The van der Waals surface area contributed by atoms with Crippen molar-refractivity contribution in [1.82, 2.24) is 9.55 Å². The Morgan fingerprint density at radius 1 is 1.07 bits per heavy atom. The molecule has 1 aliphatic heterocycles. The van der Waals surface area contributed by atoms with Gasteiger partial charge in [-0.15, -0.1) is 0 Å². The molecule has 1 saturated heterocycles. The zero-order chi connectivity index (χ0) is 18.8. The predicted molar refractivity (Wildman–Crippen MR) is 110 cm³/mol. The average Bonchev–Trinajstić information content (AvgIpc) is 3.24. The highest BCUT2D eigenvalue weighted by Gasteiger charge is 2.34. The quantitative estimate of drug-likeness (QED) is 0.576. The van der Waals surface area contributed by atoms with Gasteiger partial charge in [-0.25, -0.2) is 4.98 Å². The fourth-order valence-corrected chi connectivity index (χ4v) is 4.02. The number of imidazole rings is 1.